The van der Waals surface area contributed by atoms with Crippen LogP contribution in [0.5, 0.6) is 11.5 Å². The van der Waals surface area contributed by atoms with Gasteiger partial charge in [-0.3, -0.25) is 4.79 Å². The average Bonchev–Trinajstić information content (AvgIpc) is 3.40. The molecule has 0 unspecified atom stereocenters. The lowest BCUT2D eigenvalue weighted by atomic mass is 9.91. The van der Waals surface area contributed by atoms with Gasteiger partial charge in [-0.05, 0) is 56.2 Å². The van der Waals surface area contributed by atoms with Crippen molar-refractivity contribution < 1.29 is 22.7 Å². The van der Waals surface area contributed by atoms with Gasteiger partial charge in [-0.1, -0.05) is 23.8 Å². The first-order chi connectivity index (χ1) is 14.4. The molecule has 1 aliphatic heterocycles. The lowest BCUT2D eigenvalue weighted by molar-refractivity contribution is 0.105. The van der Waals surface area contributed by atoms with Crippen molar-refractivity contribution in [2.75, 3.05) is 6.79 Å². The normalized spacial score (nSPS) is 14.9. The van der Waals surface area contributed by atoms with E-state index in [-0.39, 0.29) is 17.5 Å². The maximum Gasteiger partial charge on any atom is 0.267 e. The Morgan fingerprint density at radius 3 is 2.57 bits per heavy atom. The number of hydrogen-bond donors (Lipinski definition) is 0. The van der Waals surface area contributed by atoms with Crippen molar-refractivity contribution >= 4 is 21.4 Å². The number of ether oxygens (including phenoxy) is 2. The molecule has 7 heteroatoms. The van der Waals surface area contributed by atoms with E-state index in [1.807, 2.05) is 13.0 Å². The number of benzene rings is 2. The topological polar surface area (TPSA) is 74.6 Å². The van der Waals surface area contributed by atoms with E-state index in [1.54, 1.807) is 48.5 Å². The fourth-order valence-electron chi connectivity index (χ4n) is 3.86. The van der Waals surface area contributed by atoms with Crippen molar-refractivity contribution in [2.24, 2.45) is 0 Å². The first kappa shape index (κ1) is 18.7. The van der Waals surface area contributed by atoms with Crippen LogP contribution in [0.1, 0.15) is 33.6 Å². The van der Waals surface area contributed by atoms with Crippen LogP contribution in [0.15, 0.2) is 65.7 Å². The van der Waals surface area contributed by atoms with Crippen LogP contribution >= 0.6 is 0 Å². The lowest BCUT2D eigenvalue weighted by Gasteiger charge is -2.17. The van der Waals surface area contributed by atoms with Crippen LogP contribution in [-0.4, -0.2) is 25.0 Å². The van der Waals surface area contributed by atoms with Crippen LogP contribution in [0.4, 0.5) is 0 Å². The summed E-state index contributed by atoms with van der Waals surface area (Å²) in [6.45, 7) is 2.05. The molecule has 0 fully saturated rings. The average molecular weight is 421 g/mol. The fourth-order valence-corrected chi connectivity index (χ4v) is 5.27. The highest BCUT2D eigenvalue weighted by molar-refractivity contribution is 7.90. The first-order valence-electron chi connectivity index (χ1n) is 9.62. The molecule has 3 aromatic rings. The third-order valence-electron chi connectivity index (χ3n) is 5.43. The SMILES string of the molecule is Cc1ccc(S(=O)(=O)n2ccc3c2CCC=C3C(=O)c2ccc3c(c2)OCO3)cc1. The highest BCUT2D eigenvalue weighted by Crippen LogP contribution is 2.36. The van der Waals surface area contributed by atoms with E-state index in [4.69, 9.17) is 9.47 Å². The molecule has 0 saturated heterocycles. The highest BCUT2D eigenvalue weighted by Gasteiger charge is 2.28. The molecule has 0 bridgehead atoms. The van der Waals surface area contributed by atoms with E-state index in [0.717, 1.165) is 5.56 Å². The van der Waals surface area contributed by atoms with Crippen molar-refractivity contribution in [1.82, 2.24) is 3.97 Å². The Balaban J connectivity index is 1.53. The summed E-state index contributed by atoms with van der Waals surface area (Å²) >= 11 is 0. The van der Waals surface area contributed by atoms with Crippen LogP contribution in [0, 0.1) is 6.92 Å². The third-order valence-corrected chi connectivity index (χ3v) is 7.16. The van der Waals surface area contributed by atoms with E-state index in [1.165, 1.54) is 10.2 Å². The van der Waals surface area contributed by atoms with Crippen molar-refractivity contribution in [3.63, 3.8) is 0 Å². The summed E-state index contributed by atoms with van der Waals surface area (Å²) in [6, 6.07) is 13.5. The number of aryl methyl sites for hydroxylation is 1. The lowest BCUT2D eigenvalue weighted by Crippen LogP contribution is -2.17. The Morgan fingerprint density at radius 1 is 1.00 bits per heavy atom. The highest BCUT2D eigenvalue weighted by atomic mass is 32.2. The minimum atomic E-state index is -3.73. The molecule has 152 valence electrons. The second-order valence-corrected chi connectivity index (χ2v) is 9.16. The molecule has 2 aromatic carbocycles. The smallest absolute Gasteiger partial charge is 0.267 e. The van der Waals surface area contributed by atoms with Crippen molar-refractivity contribution in [3.05, 3.63) is 83.2 Å². The molecular weight excluding hydrogens is 402 g/mol. The summed E-state index contributed by atoms with van der Waals surface area (Å²) in [5.74, 6) is 0.983. The number of hydrogen-bond acceptors (Lipinski definition) is 5. The second-order valence-electron chi connectivity index (χ2n) is 7.34. The van der Waals surface area contributed by atoms with E-state index in [2.05, 4.69) is 0 Å². The number of ketones is 1. The quantitative estimate of drug-likeness (QED) is 0.596. The van der Waals surface area contributed by atoms with Crippen LogP contribution in [0.25, 0.3) is 5.57 Å². The molecule has 0 amide bonds. The summed E-state index contributed by atoms with van der Waals surface area (Å²) < 4.78 is 38.3. The Kier molecular flexibility index (Phi) is 4.29. The molecule has 0 N–H and O–H groups in total. The first-order valence-corrected chi connectivity index (χ1v) is 11.1. The Hall–Kier alpha value is -3.32. The molecule has 2 aliphatic rings. The number of carbonyl (C=O) groups is 1. The Labute approximate surface area is 174 Å². The van der Waals surface area contributed by atoms with Crippen molar-refractivity contribution in [2.45, 2.75) is 24.7 Å². The summed E-state index contributed by atoms with van der Waals surface area (Å²) in [6.07, 6.45) is 4.54. The van der Waals surface area contributed by atoms with Crippen LogP contribution in [-0.2, 0) is 16.4 Å². The number of carbonyl (C=O) groups excluding carboxylic acids is 1. The number of nitrogens with zero attached hydrogens (tertiary/aromatic N) is 1. The molecule has 6 nitrogen and oxygen atoms in total. The Morgan fingerprint density at radius 2 is 1.77 bits per heavy atom. The molecule has 30 heavy (non-hydrogen) atoms. The maximum absolute atomic E-state index is 13.2. The van der Waals surface area contributed by atoms with Crippen LogP contribution in [0.2, 0.25) is 0 Å². The predicted molar refractivity (Wildman–Crippen MR) is 111 cm³/mol. The van der Waals surface area contributed by atoms with Crippen molar-refractivity contribution in [1.29, 1.82) is 0 Å². The van der Waals surface area contributed by atoms with Crippen LogP contribution in [0.3, 0.4) is 0 Å². The van der Waals surface area contributed by atoms with Gasteiger partial charge in [0.15, 0.2) is 17.3 Å². The summed E-state index contributed by atoms with van der Waals surface area (Å²) in [5.41, 5.74) is 3.25. The zero-order valence-corrected chi connectivity index (χ0v) is 17.1. The Bertz CT molecular complexity index is 1300. The molecule has 0 radical (unpaired) electrons. The molecule has 5 rings (SSSR count). The van der Waals surface area contributed by atoms with Gasteiger partial charge in [0, 0.05) is 28.6 Å². The summed E-state index contributed by atoms with van der Waals surface area (Å²) in [5, 5.41) is 0. The van der Waals surface area contributed by atoms with Crippen LogP contribution < -0.4 is 9.47 Å². The molecule has 2 heterocycles. The monoisotopic (exact) mass is 421 g/mol. The van der Waals surface area contributed by atoms with E-state index >= 15 is 0 Å². The van der Waals surface area contributed by atoms with Gasteiger partial charge in [-0.25, -0.2) is 12.4 Å². The van der Waals surface area contributed by atoms with Gasteiger partial charge in [0.05, 0.1) is 4.90 Å². The molecule has 1 aliphatic carbocycles. The number of rotatable bonds is 4. The van der Waals surface area contributed by atoms with Gasteiger partial charge in [0.2, 0.25) is 6.79 Å². The number of Topliss-reactive ketones (excluding diaryl/α,β-unsaturated/α-hetero) is 1. The molecule has 0 atom stereocenters. The summed E-state index contributed by atoms with van der Waals surface area (Å²) in [4.78, 5) is 13.4. The molecule has 0 spiro atoms. The molecular formula is C23H19NO5S. The maximum atomic E-state index is 13.2. The fraction of sp³-hybridized carbons (Fsp3) is 0.174. The van der Waals surface area contributed by atoms with E-state index in [9.17, 15) is 13.2 Å². The second kappa shape index (κ2) is 6.88. The van der Waals surface area contributed by atoms with Gasteiger partial charge < -0.3 is 9.47 Å². The zero-order valence-electron chi connectivity index (χ0n) is 16.3. The van der Waals surface area contributed by atoms with Gasteiger partial charge in [0.1, 0.15) is 0 Å². The molecule has 1 aromatic heterocycles. The number of allylic oxidation sites excluding steroid dienone is 2. The van der Waals surface area contributed by atoms with Gasteiger partial charge in [0.25, 0.3) is 10.0 Å². The van der Waals surface area contributed by atoms with Crippen molar-refractivity contribution in [3.8, 4) is 11.5 Å². The number of fused-ring (bicyclic) bond motifs is 2. The third kappa shape index (κ3) is 2.93. The standard InChI is InChI=1S/C23H19NO5S/c1-15-5-8-17(9-6-15)30(26,27)24-12-11-18-19(3-2-4-20(18)24)23(25)16-7-10-21-22(13-16)29-14-28-21/h3,5-13H,2,4,14H2,1H3. The van der Waals surface area contributed by atoms with E-state index < -0.39 is 10.0 Å². The number of aromatic nitrogens is 1. The predicted octanol–water partition coefficient (Wildman–Crippen LogP) is 3.97. The molecule has 0 saturated carbocycles. The zero-order chi connectivity index (χ0) is 20.9. The minimum absolute atomic E-state index is 0.138. The minimum Gasteiger partial charge on any atom is -0.454 e. The summed E-state index contributed by atoms with van der Waals surface area (Å²) in [7, 11) is -3.73. The largest absolute Gasteiger partial charge is 0.454 e. The van der Waals surface area contributed by atoms with E-state index in [0.29, 0.717) is 46.7 Å². The van der Waals surface area contributed by atoms with Gasteiger partial charge in [-0.2, -0.15) is 0 Å². The van der Waals surface area contributed by atoms with Gasteiger partial charge >= 0.3 is 0 Å². The van der Waals surface area contributed by atoms with Gasteiger partial charge in [-0.15, -0.1) is 0 Å².